The number of urea groups is 1. The van der Waals surface area contributed by atoms with Crippen LogP contribution in [-0.4, -0.2) is 56.9 Å². The molecule has 2 aliphatic carbocycles. The maximum absolute atomic E-state index is 12.6. The average molecular weight is 393 g/mol. The van der Waals surface area contributed by atoms with Gasteiger partial charge in [0.05, 0.1) is 0 Å². The number of nitrogens with zero attached hydrogens (tertiary/aromatic N) is 2. The van der Waals surface area contributed by atoms with Gasteiger partial charge in [-0.25, -0.2) is 9.52 Å². The molecular weight excluding hydrogens is 364 g/mol. The van der Waals surface area contributed by atoms with Crippen LogP contribution in [0, 0.1) is 0 Å². The Morgan fingerprint density at radius 3 is 2.30 bits per heavy atom. The van der Waals surface area contributed by atoms with E-state index in [4.69, 9.17) is 0 Å². The Kier molecular flexibility index (Phi) is 4.90. The van der Waals surface area contributed by atoms with Crippen molar-refractivity contribution in [1.29, 1.82) is 0 Å². The number of nitrogens with one attached hydrogen (secondary N) is 2. The average Bonchev–Trinajstić information content (AvgIpc) is 3.34. The van der Waals surface area contributed by atoms with E-state index in [0.29, 0.717) is 13.1 Å². The summed E-state index contributed by atoms with van der Waals surface area (Å²) >= 11 is 0. The second-order valence-electron chi connectivity index (χ2n) is 8.06. The highest BCUT2D eigenvalue weighted by molar-refractivity contribution is 7.87. The monoisotopic (exact) mass is 392 g/mol. The van der Waals surface area contributed by atoms with E-state index >= 15 is 0 Å². The third-order valence-electron chi connectivity index (χ3n) is 6.13. The van der Waals surface area contributed by atoms with Gasteiger partial charge in [-0.05, 0) is 81.3 Å². The van der Waals surface area contributed by atoms with Crippen molar-refractivity contribution in [3.8, 4) is 0 Å². The normalized spacial score (nSPS) is 22.1. The first-order chi connectivity index (χ1) is 12.8. The molecule has 3 aliphatic rings. The number of carbonyl (C=O) groups is 1. The number of benzene rings is 1. The fourth-order valence-electron chi connectivity index (χ4n) is 4.64. The fraction of sp³-hybridized carbons (Fsp3) is 0.632. The summed E-state index contributed by atoms with van der Waals surface area (Å²) in [6.07, 6.45) is 6.92. The van der Waals surface area contributed by atoms with Crippen molar-refractivity contribution in [3.05, 3.63) is 28.3 Å². The van der Waals surface area contributed by atoms with E-state index in [1.54, 1.807) is 0 Å². The number of anilines is 1. The fourth-order valence-corrected chi connectivity index (χ4v) is 5.77. The Morgan fingerprint density at radius 1 is 1.11 bits per heavy atom. The molecule has 0 bridgehead atoms. The van der Waals surface area contributed by atoms with Gasteiger partial charge in [-0.2, -0.15) is 12.7 Å². The Balaban J connectivity index is 1.49. The van der Waals surface area contributed by atoms with Crippen molar-refractivity contribution < 1.29 is 13.2 Å². The summed E-state index contributed by atoms with van der Waals surface area (Å²) < 4.78 is 28.8. The molecule has 1 atom stereocenters. The zero-order valence-electron chi connectivity index (χ0n) is 16.0. The van der Waals surface area contributed by atoms with Crippen molar-refractivity contribution in [2.75, 3.05) is 32.5 Å². The molecule has 1 aromatic rings. The van der Waals surface area contributed by atoms with Crippen LogP contribution in [-0.2, 0) is 35.9 Å². The lowest BCUT2D eigenvalue weighted by Crippen LogP contribution is -2.45. The lowest BCUT2D eigenvalue weighted by Gasteiger charge is -2.21. The largest absolute Gasteiger partial charge is 0.333 e. The molecule has 0 aromatic heterocycles. The van der Waals surface area contributed by atoms with Gasteiger partial charge in [0.25, 0.3) is 0 Å². The van der Waals surface area contributed by atoms with E-state index in [-0.39, 0.29) is 6.04 Å². The molecule has 148 valence electrons. The summed E-state index contributed by atoms with van der Waals surface area (Å²) in [6, 6.07) is 1.82. The molecule has 7 nitrogen and oxygen atoms in total. The van der Waals surface area contributed by atoms with E-state index in [0.717, 1.165) is 50.6 Å². The Morgan fingerprint density at radius 2 is 1.74 bits per heavy atom. The van der Waals surface area contributed by atoms with Crippen LogP contribution in [0.15, 0.2) is 6.07 Å². The van der Waals surface area contributed by atoms with Gasteiger partial charge in [0.15, 0.2) is 0 Å². The van der Waals surface area contributed by atoms with Gasteiger partial charge in [0, 0.05) is 24.8 Å². The minimum atomic E-state index is -3.83. The molecule has 27 heavy (non-hydrogen) atoms. The number of hydrogen-bond acceptors (Lipinski definition) is 4. The van der Waals surface area contributed by atoms with Crippen molar-refractivity contribution in [2.45, 2.75) is 51.0 Å². The van der Waals surface area contributed by atoms with Crippen LogP contribution in [0.5, 0.6) is 0 Å². The maximum atomic E-state index is 12.6. The number of fused-ring (bicyclic) bond motifs is 2. The number of rotatable bonds is 4. The number of hydrogen-bond donors (Lipinski definition) is 2. The minimum absolute atomic E-state index is 0.185. The molecule has 1 fully saturated rings. The summed E-state index contributed by atoms with van der Waals surface area (Å²) in [5, 5.41) is 2.89. The Hall–Kier alpha value is -1.64. The second kappa shape index (κ2) is 7.07. The number of amides is 2. The van der Waals surface area contributed by atoms with Gasteiger partial charge >= 0.3 is 16.2 Å². The highest BCUT2D eigenvalue weighted by Crippen LogP contribution is 2.38. The highest BCUT2D eigenvalue weighted by Gasteiger charge is 2.34. The van der Waals surface area contributed by atoms with Crippen molar-refractivity contribution in [3.63, 3.8) is 0 Å². The standard InChI is InChI=1S/C19H28N4O3S/c1-22(2)15-9-10-23(12-15)27(25,26)21-19(24)20-18-16-7-3-5-13(16)11-14-6-4-8-17(14)18/h11,15H,3-10,12H2,1-2H3,(H2,20,21,24). The van der Waals surface area contributed by atoms with Crippen LogP contribution in [0.1, 0.15) is 41.5 Å². The van der Waals surface area contributed by atoms with Crippen LogP contribution in [0.2, 0.25) is 0 Å². The molecule has 4 rings (SSSR count). The molecule has 0 saturated carbocycles. The summed E-state index contributed by atoms with van der Waals surface area (Å²) in [6.45, 7) is 0.841. The molecule has 1 saturated heterocycles. The highest BCUT2D eigenvalue weighted by atomic mass is 32.2. The van der Waals surface area contributed by atoms with Gasteiger partial charge in [-0.3, -0.25) is 0 Å². The first-order valence-electron chi connectivity index (χ1n) is 9.77. The van der Waals surface area contributed by atoms with Crippen LogP contribution in [0.4, 0.5) is 10.5 Å². The molecule has 2 amide bonds. The van der Waals surface area contributed by atoms with Crippen LogP contribution in [0.3, 0.4) is 0 Å². The van der Waals surface area contributed by atoms with Gasteiger partial charge in [-0.15, -0.1) is 0 Å². The number of likely N-dealkylation sites (N-methyl/N-ethyl adjacent to an activating group) is 1. The van der Waals surface area contributed by atoms with E-state index in [2.05, 4.69) is 16.1 Å². The quantitative estimate of drug-likeness (QED) is 0.817. The third kappa shape index (κ3) is 3.58. The molecular formula is C19H28N4O3S. The molecule has 1 aliphatic heterocycles. The minimum Gasteiger partial charge on any atom is -0.307 e. The molecule has 1 heterocycles. The smallest absolute Gasteiger partial charge is 0.307 e. The van der Waals surface area contributed by atoms with Gasteiger partial charge in [0.1, 0.15) is 0 Å². The Labute approximate surface area is 161 Å². The third-order valence-corrected chi connectivity index (χ3v) is 7.58. The topological polar surface area (TPSA) is 81.8 Å². The predicted molar refractivity (Wildman–Crippen MR) is 105 cm³/mol. The first kappa shape index (κ1) is 18.7. The summed E-state index contributed by atoms with van der Waals surface area (Å²) in [5.74, 6) is 0. The molecule has 0 radical (unpaired) electrons. The zero-order valence-corrected chi connectivity index (χ0v) is 16.9. The van der Waals surface area contributed by atoms with Gasteiger partial charge in [0.2, 0.25) is 0 Å². The lowest BCUT2D eigenvalue weighted by atomic mass is 9.99. The SMILES string of the molecule is CN(C)C1CCN(S(=O)(=O)NC(=O)Nc2c3c(cc4c2CCC4)CCC3)C1. The molecule has 8 heteroatoms. The first-order valence-corrected chi connectivity index (χ1v) is 11.2. The molecule has 1 unspecified atom stereocenters. The van der Waals surface area contributed by atoms with Crippen molar-refractivity contribution >= 4 is 21.9 Å². The second-order valence-corrected chi connectivity index (χ2v) is 9.73. The number of aryl methyl sites for hydroxylation is 2. The predicted octanol–water partition coefficient (Wildman–Crippen LogP) is 1.67. The lowest BCUT2D eigenvalue weighted by molar-refractivity contribution is 0.255. The van der Waals surface area contributed by atoms with Crippen LogP contribution >= 0.6 is 0 Å². The van der Waals surface area contributed by atoms with E-state index in [9.17, 15) is 13.2 Å². The van der Waals surface area contributed by atoms with Crippen LogP contribution in [0.25, 0.3) is 0 Å². The summed E-state index contributed by atoms with van der Waals surface area (Å²) in [4.78, 5) is 14.6. The summed E-state index contributed by atoms with van der Waals surface area (Å²) in [7, 11) is 0.0546. The van der Waals surface area contributed by atoms with E-state index in [1.807, 2.05) is 19.0 Å². The van der Waals surface area contributed by atoms with Crippen LogP contribution < -0.4 is 10.0 Å². The molecule has 0 spiro atoms. The van der Waals surface area contributed by atoms with Gasteiger partial charge in [-0.1, -0.05) is 6.07 Å². The van der Waals surface area contributed by atoms with Crippen molar-refractivity contribution in [2.24, 2.45) is 0 Å². The maximum Gasteiger partial charge on any atom is 0.333 e. The Bertz CT molecular complexity index is 834. The molecule has 1 aromatic carbocycles. The van der Waals surface area contributed by atoms with E-state index < -0.39 is 16.2 Å². The van der Waals surface area contributed by atoms with Crippen molar-refractivity contribution in [1.82, 2.24) is 13.9 Å². The molecule has 2 N–H and O–H groups in total. The van der Waals surface area contributed by atoms with Gasteiger partial charge < -0.3 is 10.2 Å². The van der Waals surface area contributed by atoms with E-state index in [1.165, 1.54) is 26.6 Å². The number of carbonyl (C=O) groups excluding carboxylic acids is 1. The summed E-state index contributed by atoms with van der Waals surface area (Å²) in [5.41, 5.74) is 5.86. The zero-order chi connectivity index (χ0) is 19.2.